The van der Waals surface area contributed by atoms with E-state index in [1.165, 1.54) is 31.4 Å². The first-order valence-corrected chi connectivity index (χ1v) is 8.63. The van der Waals surface area contributed by atoms with Crippen molar-refractivity contribution in [1.82, 2.24) is 4.90 Å². The SMILES string of the molecule is CCC(C)(C(O)Cc1cc(F)ccc1Br)N1CCCCC1. The zero-order valence-corrected chi connectivity index (χ0v) is 14.5. The molecule has 0 aliphatic carbocycles. The van der Waals surface area contributed by atoms with Gasteiger partial charge in [-0.25, -0.2) is 4.39 Å². The van der Waals surface area contributed by atoms with Crippen molar-refractivity contribution in [2.45, 2.75) is 57.6 Å². The molecule has 1 fully saturated rings. The summed E-state index contributed by atoms with van der Waals surface area (Å²) in [5.41, 5.74) is 0.589. The number of hydrogen-bond donors (Lipinski definition) is 1. The van der Waals surface area contributed by atoms with Gasteiger partial charge in [0.05, 0.1) is 6.10 Å². The van der Waals surface area contributed by atoms with E-state index >= 15 is 0 Å². The van der Waals surface area contributed by atoms with Crippen LogP contribution in [-0.4, -0.2) is 34.7 Å². The zero-order chi connectivity index (χ0) is 15.5. The summed E-state index contributed by atoms with van der Waals surface area (Å²) in [5.74, 6) is -0.253. The number of aliphatic hydroxyl groups is 1. The second-order valence-electron chi connectivity index (χ2n) is 6.21. The lowest BCUT2D eigenvalue weighted by Crippen LogP contribution is -2.56. The average molecular weight is 358 g/mol. The number of halogens is 2. The lowest BCUT2D eigenvalue weighted by Gasteiger charge is -2.46. The standard InChI is InChI=1S/C17H25BrFNO/c1-3-17(2,20-9-5-4-6-10-20)16(21)12-13-11-14(19)7-8-15(13)18/h7-8,11,16,21H,3-6,9-10,12H2,1-2H3. The van der Waals surface area contributed by atoms with Gasteiger partial charge in [0.1, 0.15) is 5.82 Å². The molecule has 2 rings (SSSR count). The normalized spacial score (nSPS) is 21.0. The lowest BCUT2D eigenvalue weighted by molar-refractivity contribution is -0.0329. The van der Waals surface area contributed by atoms with Gasteiger partial charge in [0.2, 0.25) is 0 Å². The van der Waals surface area contributed by atoms with Crippen LogP contribution in [0.4, 0.5) is 4.39 Å². The summed E-state index contributed by atoms with van der Waals surface area (Å²) >= 11 is 3.45. The molecule has 0 aromatic heterocycles. The zero-order valence-electron chi connectivity index (χ0n) is 12.9. The Bertz CT molecular complexity index is 476. The van der Waals surface area contributed by atoms with Crippen LogP contribution in [0.1, 0.15) is 45.1 Å². The molecule has 0 bridgehead atoms. The Morgan fingerprint density at radius 2 is 2.00 bits per heavy atom. The number of benzene rings is 1. The monoisotopic (exact) mass is 357 g/mol. The molecule has 118 valence electrons. The first-order chi connectivity index (χ1) is 9.97. The molecule has 1 aromatic rings. The van der Waals surface area contributed by atoms with Gasteiger partial charge in [0.15, 0.2) is 0 Å². The molecule has 1 N–H and O–H groups in total. The maximum atomic E-state index is 13.4. The molecule has 4 heteroatoms. The largest absolute Gasteiger partial charge is 0.391 e. The summed E-state index contributed by atoms with van der Waals surface area (Å²) in [7, 11) is 0. The van der Waals surface area contributed by atoms with E-state index in [1.807, 2.05) is 0 Å². The summed E-state index contributed by atoms with van der Waals surface area (Å²) < 4.78 is 14.3. The molecule has 1 aliphatic rings. The second kappa shape index (κ2) is 7.21. The minimum absolute atomic E-state index is 0.244. The molecular weight excluding hydrogens is 333 g/mol. The number of hydrogen-bond acceptors (Lipinski definition) is 2. The summed E-state index contributed by atoms with van der Waals surface area (Å²) in [5, 5.41) is 10.8. The first kappa shape index (κ1) is 16.9. The highest BCUT2D eigenvalue weighted by Crippen LogP contribution is 2.30. The molecular formula is C17H25BrFNO. The fraction of sp³-hybridized carbons (Fsp3) is 0.647. The van der Waals surface area contributed by atoms with E-state index in [0.29, 0.717) is 6.42 Å². The third-order valence-corrected chi connectivity index (χ3v) is 5.71. The summed E-state index contributed by atoms with van der Waals surface area (Å²) in [6.07, 6.45) is 4.54. The van der Waals surface area contributed by atoms with Crippen molar-refractivity contribution < 1.29 is 9.50 Å². The van der Waals surface area contributed by atoms with Crippen LogP contribution in [0.5, 0.6) is 0 Å². The van der Waals surface area contributed by atoms with Crippen LogP contribution >= 0.6 is 15.9 Å². The predicted molar refractivity (Wildman–Crippen MR) is 87.9 cm³/mol. The Morgan fingerprint density at radius 1 is 1.33 bits per heavy atom. The predicted octanol–water partition coefficient (Wildman–Crippen LogP) is 4.15. The van der Waals surface area contributed by atoms with Gasteiger partial charge in [-0.1, -0.05) is 29.3 Å². The fourth-order valence-electron chi connectivity index (χ4n) is 3.20. The van der Waals surface area contributed by atoms with Crippen molar-refractivity contribution in [1.29, 1.82) is 0 Å². The quantitative estimate of drug-likeness (QED) is 0.855. The van der Waals surface area contributed by atoms with Gasteiger partial charge >= 0.3 is 0 Å². The van der Waals surface area contributed by atoms with E-state index in [0.717, 1.165) is 29.5 Å². The highest BCUT2D eigenvalue weighted by molar-refractivity contribution is 9.10. The second-order valence-corrected chi connectivity index (χ2v) is 7.07. The highest BCUT2D eigenvalue weighted by atomic mass is 79.9. The molecule has 1 aliphatic heterocycles. The molecule has 21 heavy (non-hydrogen) atoms. The smallest absolute Gasteiger partial charge is 0.123 e. The van der Waals surface area contributed by atoms with Crippen molar-refractivity contribution in [3.63, 3.8) is 0 Å². The van der Waals surface area contributed by atoms with E-state index in [2.05, 4.69) is 34.7 Å². The summed E-state index contributed by atoms with van der Waals surface area (Å²) in [6.45, 7) is 6.35. The number of likely N-dealkylation sites (tertiary alicyclic amines) is 1. The average Bonchev–Trinajstić information content (AvgIpc) is 2.51. The van der Waals surface area contributed by atoms with Crippen LogP contribution < -0.4 is 0 Å². The van der Waals surface area contributed by atoms with Crippen LogP contribution in [-0.2, 0) is 6.42 Å². The summed E-state index contributed by atoms with van der Waals surface area (Å²) in [4.78, 5) is 2.41. The maximum absolute atomic E-state index is 13.4. The Morgan fingerprint density at radius 3 is 2.62 bits per heavy atom. The van der Waals surface area contributed by atoms with Crippen molar-refractivity contribution in [2.24, 2.45) is 0 Å². The van der Waals surface area contributed by atoms with E-state index in [4.69, 9.17) is 0 Å². The number of nitrogens with zero attached hydrogens (tertiary/aromatic N) is 1. The van der Waals surface area contributed by atoms with E-state index in [9.17, 15) is 9.50 Å². The molecule has 1 heterocycles. The minimum atomic E-state index is -0.501. The molecule has 0 saturated carbocycles. The van der Waals surface area contributed by atoms with Gasteiger partial charge in [-0.15, -0.1) is 0 Å². The molecule has 2 atom stereocenters. The fourth-order valence-corrected chi connectivity index (χ4v) is 3.61. The van der Waals surface area contributed by atoms with E-state index in [1.54, 1.807) is 6.07 Å². The molecule has 2 unspecified atom stereocenters. The molecule has 0 radical (unpaired) electrons. The van der Waals surface area contributed by atoms with Crippen molar-refractivity contribution in [3.05, 3.63) is 34.1 Å². The number of aliphatic hydroxyl groups excluding tert-OH is 1. The van der Waals surface area contributed by atoms with E-state index in [-0.39, 0.29) is 11.4 Å². The highest BCUT2D eigenvalue weighted by Gasteiger charge is 2.37. The molecule has 1 aromatic carbocycles. The summed E-state index contributed by atoms with van der Waals surface area (Å²) in [6, 6.07) is 4.66. The van der Waals surface area contributed by atoms with Gasteiger partial charge in [-0.05, 0) is 63.0 Å². The van der Waals surface area contributed by atoms with Crippen molar-refractivity contribution >= 4 is 15.9 Å². The Labute approximate surface area is 135 Å². The molecule has 1 saturated heterocycles. The van der Waals surface area contributed by atoms with Crippen LogP contribution in [0.25, 0.3) is 0 Å². The van der Waals surface area contributed by atoms with Gasteiger partial charge in [0.25, 0.3) is 0 Å². The molecule has 2 nitrogen and oxygen atoms in total. The minimum Gasteiger partial charge on any atom is -0.391 e. The van der Waals surface area contributed by atoms with E-state index < -0.39 is 6.10 Å². The van der Waals surface area contributed by atoms with Crippen LogP contribution in [0.3, 0.4) is 0 Å². The van der Waals surface area contributed by atoms with Crippen molar-refractivity contribution in [2.75, 3.05) is 13.1 Å². The lowest BCUT2D eigenvalue weighted by atomic mass is 9.84. The molecule has 0 amide bonds. The topological polar surface area (TPSA) is 23.5 Å². The number of rotatable bonds is 5. The van der Waals surface area contributed by atoms with Gasteiger partial charge < -0.3 is 5.11 Å². The van der Waals surface area contributed by atoms with Gasteiger partial charge in [0, 0.05) is 16.4 Å². The Kier molecular flexibility index (Phi) is 5.81. The van der Waals surface area contributed by atoms with Crippen molar-refractivity contribution in [3.8, 4) is 0 Å². The maximum Gasteiger partial charge on any atom is 0.123 e. The van der Waals surface area contributed by atoms with Gasteiger partial charge in [-0.2, -0.15) is 0 Å². The van der Waals surface area contributed by atoms with Crippen LogP contribution in [0.15, 0.2) is 22.7 Å². The van der Waals surface area contributed by atoms with Crippen LogP contribution in [0, 0.1) is 5.82 Å². The number of piperidine rings is 1. The van der Waals surface area contributed by atoms with Gasteiger partial charge in [-0.3, -0.25) is 4.90 Å². The first-order valence-electron chi connectivity index (χ1n) is 7.84. The third kappa shape index (κ3) is 3.85. The third-order valence-electron chi connectivity index (χ3n) is 4.93. The molecule has 0 spiro atoms. The Balaban J connectivity index is 2.15. The van der Waals surface area contributed by atoms with Crippen LogP contribution in [0.2, 0.25) is 0 Å². The Hall–Kier alpha value is -0.450.